The first kappa shape index (κ1) is 14.5. The molecule has 0 aromatic rings. The van der Waals surface area contributed by atoms with Crippen LogP contribution in [0, 0.1) is 5.92 Å². The molecule has 0 bridgehead atoms. The molecule has 0 radical (unpaired) electrons. The zero-order valence-electron chi connectivity index (χ0n) is 11.0. The summed E-state index contributed by atoms with van der Waals surface area (Å²) in [5.74, 6) is 0.902. The molecule has 1 unspecified atom stereocenters. The van der Waals surface area contributed by atoms with Crippen molar-refractivity contribution in [2.24, 2.45) is 5.92 Å². The minimum absolute atomic E-state index is 0.0301. The van der Waals surface area contributed by atoms with Crippen molar-refractivity contribution in [1.82, 2.24) is 4.90 Å². The molecule has 0 spiro atoms. The summed E-state index contributed by atoms with van der Waals surface area (Å²) in [6.45, 7) is 8.09. The van der Waals surface area contributed by atoms with Crippen LogP contribution in [0.1, 0.15) is 39.5 Å². The van der Waals surface area contributed by atoms with Crippen LogP contribution in [0.4, 0.5) is 0 Å². The molecule has 1 atom stereocenters. The fourth-order valence-electron chi connectivity index (χ4n) is 2.27. The Hall–Kier alpha value is 0.400. The van der Waals surface area contributed by atoms with Gasteiger partial charge in [-0.3, -0.25) is 0 Å². The van der Waals surface area contributed by atoms with Gasteiger partial charge in [0.2, 0.25) is 0 Å². The topological polar surface area (TPSA) is 12.5 Å². The van der Waals surface area contributed by atoms with E-state index < -0.39 is 0 Å². The molecular weight excluding hydrogens is 266 g/mol. The highest BCUT2D eigenvalue weighted by molar-refractivity contribution is 9.09. The van der Waals surface area contributed by atoms with Crippen LogP contribution in [0.25, 0.3) is 0 Å². The molecule has 1 heterocycles. The second kappa shape index (κ2) is 6.97. The zero-order chi connectivity index (χ0) is 12.0. The van der Waals surface area contributed by atoms with Crippen molar-refractivity contribution in [3.05, 3.63) is 0 Å². The SMILES string of the molecule is COC(C)(C)CCN1CCCC(CCBr)C1. The molecule has 1 aliphatic rings. The van der Waals surface area contributed by atoms with Gasteiger partial charge in [0.1, 0.15) is 0 Å². The molecule has 1 rings (SSSR count). The van der Waals surface area contributed by atoms with Crippen molar-refractivity contribution in [2.75, 3.05) is 32.1 Å². The number of hydrogen-bond acceptors (Lipinski definition) is 2. The van der Waals surface area contributed by atoms with E-state index in [2.05, 4.69) is 34.7 Å². The monoisotopic (exact) mass is 291 g/mol. The minimum atomic E-state index is 0.0301. The van der Waals surface area contributed by atoms with Crippen LogP contribution in [-0.4, -0.2) is 42.6 Å². The Kier molecular flexibility index (Phi) is 6.30. The summed E-state index contributed by atoms with van der Waals surface area (Å²) < 4.78 is 5.47. The molecule has 3 heteroatoms. The van der Waals surface area contributed by atoms with Crippen LogP contribution < -0.4 is 0 Å². The number of alkyl halides is 1. The van der Waals surface area contributed by atoms with E-state index in [0.29, 0.717) is 0 Å². The lowest BCUT2D eigenvalue weighted by molar-refractivity contribution is 0.00409. The number of hydrogen-bond donors (Lipinski definition) is 0. The molecule has 1 aliphatic heterocycles. The van der Waals surface area contributed by atoms with E-state index >= 15 is 0 Å². The molecule has 2 nitrogen and oxygen atoms in total. The molecular formula is C13H26BrNO. The van der Waals surface area contributed by atoms with E-state index in [1.807, 2.05) is 7.11 Å². The van der Waals surface area contributed by atoms with Crippen LogP contribution in [0.5, 0.6) is 0 Å². The van der Waals surface area contributed by atoms with Crippen LogP contribution in [0.2, 0.25) is 0 Å². The van der Waals surface area contributed by atoms with E-state index in [1.54, 1.807) is 0 Å². The van der Waals surface area contributed by atoms with Crippen molar-refractivity contribution in [2.45, 2.75) is 45.1 Å². The Morgan fingerprint density at radius 3 is 2.81 bits per heavy atom. The van der Waals surface area contributed by atoms with E-state index in [0.717, 1.165) is 17.7 Å². The largest absolute Gasteiger partial charge is 0.379 e. The van der Waals surface area contributed by atoms with Crippen LogP contribution in [-0.2, 0) is 4.74 Å². The van der Waals surface area contributed by atoms with Gasteiger partial charge in [0.15, 0.2) is 0 Å². The first-order chi connectivity index (χ1) is 7.57. The van der Waals surface area contributed by atoms with Gasteiger partial charge in [-0.25, -0.2) is 0 Å². The smallest absolute Gasteiger partial charge is 0.0634 e. The molecule has 0 saturated carbocycles. The van der Waals surface area contributed by atoms with E-state index in [9.17, 15) is 0 Å². The summed E-state index contributed by atoms with van der Waals surface area (Å²) in [4.78, 5) is 2.61. The van der Waals surface area contributed by atoms with Crippen LogP contribution >= 0.6 is 15.9 Å². The van der Waals surface area contributed by atoms with Crippen molar-refractivity contribution in [3.8, 4) is 0 Å². The van der Waals surface area contributed by atoms with Crippen molar-refractivity contribution in [3.63, 3.8) is 0 Å². The molecule has 0 amide bonds. The standard InChI is InChI=1S/C13H26BrNO/c1-13(2,16-3)7-10-15-9-4-5-12(11-15)6-8-14/h12H,4-11H2,1-3H3. The number of nitrogens with zero attached hydrogens (tertiary/aromatic N) is 1. The predicted octanol–water partition coefficient (Wildman–Crippen LogP) is 3.30. The maximum atomic E-state index is 5.47. The van der Waals surface area contributed by atoms with E-state index in [1.165, 1.54) is 38.9 Å². The lowest BCUT2D eigenvalue weighted by Gasteiger charge is -2.34. The predicted molar refractivity (Wildman–Crippen MR) is 73.3 cm³/mol. The van der Waals surface area contributed by atoms with Gasteiger partial charge in [0.05, 0.1) is 5.60 Å². The zero-order valence-corrected chi connectivity index (χ0v) is 12.6. The number of methoxy groups -OCH3 is 1. The fraction of sp³-hybridized carbons (Fsp3) is 1.00. The summed E-state index contributed by atoms with van der Waals surface area (Å²) in [7, 11) is 1.81. The highest BCUT2D eigenvalue weighted by Crippen LogP contribution is 2.22. The van der Waals surface area contributed by atoms with Crippen LogP contribution in [0.15, 0.2) is 0 Å². The summed E-state index contributed by atoms with van der Waals surface area (Å²) in [6.07, 6.45) is 5.23. The Labute approximate surface area is 109 Å². The minimum Gasteiger partial charge on any atom is -0.379 e. The third-order valence-electron chi connectivity index (χ3n) is 3.70. The summed E-state index contributed by atoms with van der Waals surface area (Å²) in [5.41, 5.74) is 0.0301. The number of piperidine rings is 1. The Bertz CT molecular complexity index is 194. The first-order valence-electron chi connectivity index (χ1n) is 6.41. The van der Waals surface area contributed by atoms with Gasteiger partial charge in [-0.2, -0.15) is 0 Å². The third kappa shape index (κ3) is 5.15. The average Bonchev–Trinajstić information content (AvgIpc) is 2.28. The quantitative estimate of drug-likeness (QED) is 0.696. The average molecular weight is 292 g/mol. The maximum absolute atomic E-state index is 5.47. The molecule has 0 aromatic heterocycles. The number of rotatable bonds is 6. The molecule has 0 aromatic carbocycles. The summed E-state index contributed by atoms with van der Waals surface area (Å²) in [5, 5.41) is 1.15. The van der Waals surface area contributed by atoms with Gasteiger partial charge in [-0.05, 0) is 52.0 Å². The Morgan fingerprint density at radius 2 is 2.19 bits per heavy atom. The third-order valence-corrected chi connectivity index (χ3v) is 4.16. The van der Waals surface area contributed by atoms with E-state index in [-0.39, 0.29) is 5.60 Å². The van der Waals surface area contributed by atoms with Crippen molar-refractivity contribution < 1.29 is 4.74 Å². The molecule has 0 N–H and O–H groups in total. The van der Waals surface area contributed by atoms with Gasteiger partial charge in [-0.1, -0.05) is 15.9 Å². The summed E-state index contributed by atoms with van der Waals surface area (Å²) in [6, 6.07) is 0. The van der Waals surface area contributed by atoms with Crippen LogP contribution in [0.3, 0.4) is 0 Å². The molecule has 0 aliphatic carbocycles. The molecule has 16 heavy (non-hydrogen) atoms. The lowest BCUT2D eigenvalue weighted by atomic mass is 9.95. The lowest BCUT2D eigenvalue weighted by Crippen LogP contribution is -2.39. The first-order valence-corrected chi connectivity index (χ1v) is 7.53. The van der Waals surface area contributed by atoms with Gasteiger partial charge < -0.3 is 9.64 Å². The molecule has 96 valence electrons. The normalized spacial score (nSPS) is 23.6. The van der Waals surface area contributed by atoms with Gasteiger partial charge in [0, 0.05) is 25.5 Å². The van der Waals surface area contributed by atoms with Gasteiger partial charge in [0.25, 0.3) is 0 Å². The number of ether oxygens (including phenoxy) is 1. The highest BCUT2D eigenvalue weighted by atomic mass is 79.9. The number of likely N-dealkylation sites (tertiary alicyclic amines) is 1. The summed E-state index contributed by atoms with van der Waals surface area (Å²) >= 11 is 3.55. The molecule has 1 saturated heterocycles. The molecule has 1 fully saturated rings. The number of halogens is 1. The Morgan fingerprint density at radius 1 is 1.44 bits per heavy atom. The van der Waals surface area contributed by atoms with E-state index in [4.69, 9.17) is 4.74 Å². The Balaban J connectivity index is 2.26. The van der Waals surface area contributed by atoms with Crippen molar-refractivity contribution in [1.29, 1.82) is 0 Å². The second-order valence-electron chi connectivity index (χ2n) is 5.50. The second-order valence-corrected chi connectivity index (χ2v) is 6.29. The highest BCUT2D eigenvalue weighted by Gasteiger charge is 2.22. The maximum Gasteiger partial charge on any atom is 0.0634 e. The fourth-order valence-corrected chi connectivity index (χ4v) is 2.92. The van der Waals surface area contributed by atoms with Crippen molar-refractivity contribution >= 4 is 15.9 Å². The van der Waals surface area contributed by atoms with Gasteiger partial charge in [-0.15, -0.1) is 0 Å². The van der Waals surface area contributed by atoms with Gasteiger partial charge >= 0.3 is 0 Å².